The summed E-state index contributed by atoms with van der Waals surface area (Å²) in [5.41, 5.74) is 7.30. The maximum Gasteiger partial charge on any atom is 0.308 e. The van der Waals surface area contributed by atoms with Crippen molar-refractivity contribution in [3.8, 4) is 0 Å². The van der Waals surface area contributed by atoms with Gasteiger partial charge in [-0.1, -0.05) is 19.1 Å². The van der Waals surface area contributed by atoms with Gasteiger partial charge in [-0.25, -0.2) is 0 Å². The van der Waals surface area contributed by atoms with Gasteiger partial charge in [0, 0.05) is 18.7 Å². The zero-order valence-electron chi connectivity index (χ0n) is 11.1. The number of carbonyl (C=O) groups is 2. The number of benzene rings is 1. The van der Waals surface area contributed by atoms with Gasteiger partial charge in [-0.3, -0.25) is 9.59 Å². The van der Waals surface area contributed by atoms with Crippen LogP contribution >= 0.6 is 0 Å². The van der Waals surface area contributed by atoms with Crippen LogP contribution in [0.15, 0.2) is 24.3 Å². The Bertz CT molecular complexity index is 429. The summed E-state index contributed by atoms with van der Waals surface area (Å²) in [7, 11) is 0. The molecule has 5 nitrogen and oxygen atoms in total. The molecule has 1 aromatic rings. The lowest BCUT2D eigenvalue weighted by Gasteiger charge is -2.11. The molecular formula is C14H20N2O3. The number of carboxylic acid groups (broad SMARTS) is 1. The smallest absolute Gasteiger partial charge is 0.308 e. The minimum absolute atomic E-state index is 0.128. The topological polar surface area (TPSA) is 92.4 Å². The number of rotatable bonds is 7. The first-order valence-electron chi connectivity index (χ1n) is 6.36. The highest BCUT2D eigenvalue weighted by Gasteiger charge is 2.15. The van der Waals surface area contributed by atoms with Crippen LogP contribution in [0.25, 0.3) is 0 Å². The first kappa shape index (κ1) is 15.0. The van der Waals surface area contributed by atoms with Crippen LogP contribution in [0.1, 0.15) is 25.3 Å². The normalized spacial score (nSPS) is 11.8. The number of hydrogen-bond donors (Lipinski definition) is 3. The number of carbonyl (C=O) groups excluding carboxylic acids is 1. The predicted molar refractivity (Wildman–Crippen MR) is 73.6 cm³/mol. The maximum atomic E-state index is 11.6. The number of nitrogens with two attached hydrogens (primary N) is 1. The van der Waals surface area contributed by atoms with Gasteiger partial charge in [0.15, 0.2) is 0 Å². The molecule has 0 fully saturated rings. The van der Waals surface area contributed by atoms with E-state index in [1.54, 1.807) is 19.1 Å². The number of hydrogen-bond acceptors (Lipinski definition) is 3. The summed E-state index contributed by atoms with van der Waals surface area (Å²) < 4.78 is 0. The van der Waals surface area contributed by atoms with Crippen LogP contribution in [0.5, 0.6) is 0 Å². The lowest BCUT2D eigenvalue weighted by atomic mass is 10.1. The molecule has 1 amide bonds. The van der Waals surface area contributed by atoms with Gasteiger partial charge in [0.1, 0.15) is 0 Å². The van der Waals surface area contributed by atoms with Crippen LogP contribution in [-0.2, 0) is 16.0 Å². The van der Waals surface area contributed by atoms with Crippen molar-refractivity contribution >= 4 is 17.6 Å². The Balaban J connectivity index is 2.31. The fourth-order valence-corrected chi connectivity index (χ4v) is 1.67. The maximum absolute atomic E-state index is 11.6. The molecular weight excluding hydrogens is 244 g/mol. The first-order chi connectivity index (χ1) is 9.02. The van der Waals surface area contributed by atoms with E-state index in [0.717, 1.165) is 5.56 Å². The molecule has 1 atom stereocenters. The van der Waals surface area contributed by atoms with E-state index in [2.05, 4.69) is 5.32 Å². The van der Waals surface area contributed by atoms with E-state index in [-0.39, 0.29) is 12.5 Å². The molecule has 5 heteroatoms. The van der Waals surface area contributed by atoms with Crippen molar-refractivity contribution in [2.24, 2.45) is 5.92 Å². The first-order valence-corrected chi connectivity index (χ1v) is 6.36. The SMILES string of the molecule is CCC(CNC(=O)CCc1ccc(N)cc1)C(=O)O. The van der Waals surface area contributed by atoms with Crippen LogP contribution in [0.3, 0.4) is 0 Å². The Labute approximate surface area is 112 Å². The number of carboxylic acids is 1. The van der Waals surface area contributed by atoms with Gasteiger partial charge >= 0.3 is 5.97 Å². The largest absolute Gasteiger partial charge is 0.481 e. The van der Waals surface area contributed by atoms with Crippen LogP contribution in [0.2, 0.25) is 0 Å². The molecule has 1 aromatic carbocycles. The lowest BCUT2D eigenvalue weighted by molar-refractivity contribution is -0.141. The molecule has 19 heavy (non-hydrogen) atoms. The third-order valence-corrected chi connectivity index (χ3v) is 3.01. The number of amides is 1. The van der Waals surface area contributed by atoms with E-state index >= 15 is 0 Å². The summed E-state index contributed by atoms with van der Waals surface area (Å²) in [4.78, 5) is 22.4. The molecule has 0 aliphatic heterocycles. The highest BCUT2D eigenvalue weighted by Crippen LogP contribution is 2.07. The van der Waals surface area contributed by atoms with Crippen LogP contribution < -0.4 is 11.1 Å². The fourth-order valence-electron chi connectivity index (χ4n) is 1.67. The van der Waals surface area contributed by atoms with Crippen LogP contribution in [0.4, 0.5) is 5.69 Å². The molecule has 0 bridgehead atoms. The molecule has 0 heterocycles. The summed E-state index contributed by atoms with van der Waals surface area (Å²) in [5.74, 6) is -1.52. The molecule has 4 N–H and O–H groups in total. The molecule has 1 unspecified atom stereocenters. The second-order valence-electron chi connectivity index (χ2n) is 4.49. The van der Waals surface area contributed by atoms with E-state index in [1.165, 1.54) is 0 Å². The average Bonchev–Trinajstić information content (AvgIpc) is 2.38. The van der Waals surface area contributed by atoms with Crippen molar-refractivity contribution in [1.29, 1.82) is 0 Å². The number of nitrogens with one attached hydrogen (secondary N) is 1. The van der Waals surface area contributed by atoms with Crippen LogP contribution in [0, 0.1) is 5.92 Å². The van der Waals surface area contributed by atoms with Gasteiger partial charge in [0.25, 0.3) is 0 Å². The second kappa shape index (κ2) is 7.41. The number of aliphatic carboxylic acids is 1. The molecule has 0 saturated heterocycles. The third kappa shape index (κ3) is 5.42. The van der Waals surface area contributed by atoms with Crippen molar-refractivity contribution in [3.63, 3.8) is 0 Å². The van der Waals surface area contributed by atoms with Gasteiger partial charge in [-0.2, -0.15) is 0 Å². The van der Waals surface area contributed by atoms with Crippen molar-refractivity contribution in [2.75, 3.05) is 12.3 Å². The molecule has 1 rings (SSSR count). The quantitative estimate of drug-likeness (QED) is 0.649. The van der Waals surface area contributed by atoms with E-state index in [9.17, 15) is 9.59 Å². The fraction of sp³-hybridized carbons (Fsp3) is 0.429. The van der Waals surface area contributed by atoms with Crippen molar-refractivity contribution < 1.29 is 14.7 Å². The Morgan fingerprint density at radius 3 is 2.47 bits per heavy atom. The Kier molecular flexibility index (Phi) is 5.85. The number of aryl methyl sites for hydroxylation is 1. The highest BCUT2D eigenvalue weighted by atomic mass is 16.4. The summed E-state index contributed by atoms with van der Waals surface area (Å²) in [6, 6.07) is 7.36. The Morgan fingerprint density at radius 1 is 1.32 bits per heavy atom. The zero-order valence-corrected chi connectivity index (χ0v) is 11.1. The average molecular weight is 264 g/mol. The summed E-state index contributed by atoms with van der Waals surface area (Å²) in [5, 5.41) is 11.5. The molecule has 0 spiro atoms. The minimum atomic E-state index is -0.874. The molecule has 0 saturated carbocycles. The number of anilines is 1. The molecule has 0 aliphatic rings. The van der Waals surface area contributed by atoms with Gasteiger partial charge in [-0.05, 0) is 30.5 Å². The Hall–Kier alpha value is -2.04. The van der Waals surface area contributed by atoms with Crippen molar-refractivity contribution in [2.45, 2.75) is 26.2 Å². The zero-order chi connectivity index (χ0) is 14.3. The van der Waals surface area contributed by atoms with E-state index in [1.807, 2.05) is 12.1 Å². The molecule has 0 aliphatic carbocycles. The predicted octanol–water partition coefficient (Wildman–Crippen LogP) is 1.43. The van der Waals surface area contributed by atoms with Gasteiger partial charge in [-0.15, -0.1) is 0 Å². The van der Waals surface area contributed by atoms with Crippen LogP contribution in [-0.4, -0.2) is 23.5 Å². The van der Waals surface area contributed by atoms with Gasteiger partial charge < -0.3 is 16.2 Å². The molecule has 0 aromatic heterocycles. The highest BCUT2D eigenvalue weighted by molar-refractivity contribution is 5.77. The minimum Gasteiger partial charge on any atom is -0.481 e. The third-order valence-electron chi connectivity index (χ3n) is 3.01. The lowest BCUT2D eigenvalue weighted by Crippen LogP contribution is -2.32. The molecule has 0 radical (unpaired) electrons. The van der Waals surface area contributed by atoms with Crippen molar-refractivity contribution in [3.05, 3.63) is 29.8 Å². The van der Waals surface area contributed by atoms with Gasteiger partial charge in [0.2, 0.25) is 5.91 Å². The summed E-state index contributed by atoms with van der Waals surface area (Å²) >= 11 is 0. The standard InChI is InChI=1S/C14H20N2O3/c1-2-11(14(18)19)9-16-13(17)8-5-10-3-6-12(15)7-4-10/h3-4,6-7,11H,2,5,8-9,15H2,1H3,(H,16,17)(H,18,19). The Morgan fingerprint density at radius 2 is 1.95 bits per heavy atom. The number of nitrogen functional groups attached to an aromatic ring is 1. The monoisotopic (exact) mass is 264 g/mol. The second-order valence-corrected chi connectivity index (χ2v) is 4.49. The van der Waals surface area contributed by atoms with Gasteiger partial charge in [0.05, 0.1) is 5.92 Å². The van der Waals surface area contributed by atoms with Crippen molar-refractivity contribution in [1.82, 2.24) is 5.32 Å². The van der Waals surface area contributed by atoms with E-state index < -0.39 is 11.9 Å². The van der Waals surface area contributed by atoms with E-state index in [4.69, 9.17) is 10.8 Å². The summed E-state index contributed by atoms with van der Waals surface area (Å²) in [6.45, 7) is 1.98. The molecule has 104 valence electrons. The van der Waals surface area contributed by atoms with E-state index in [0.29, 0.717) is 24.9 Å². The summed E-state index contributed by atoms with van der Waals surface area (Å²) in [6.07, 6.45) is 1.48.